The second-order valence-electron chi connectivity index (χ2n) is 8.60. The zero-order valence-corrected chi connectivity index (χ0v) is 15.5. The highest BCUT2D eigenvalue weighted by Gasteiger charge is 2.29. The van der Waals surface area contributed by atoms with Crippen molar-refractivity contribution >= 4 is 0 Å². The second-order valence-corrected chi connectivity index (χ2v) is 8.60. The summed E-state index contributed by atoms with van der Waals surface area (Å²) in [6.45, 7) is 7.13. The third-order valence-electron chi connectivity index (χ3n) is 6.78. The lowest BCUT2D eigenvalue weighted by molar-refractivity contribution is 0.151. The summed E-state index contributed by atoms with van der Waals surface area (Å²) in [5.74, 6) is 5.08. The van der Waals surface area contributed by atoms with Crippen LogP contribution in [0.3, 0.4) is 0 Å². The molecule has 0 bridgehead atoms. The van der Waals surface area contributed by atoms with E-state index in [0.717, 1.165) is 29.6 Å². The van der Waals surface area contributed by atoms with Gasteiger partial charge in [-0.15, -0.1) is 0 Å². The van der Waals surface area contributed by atoms with E-state index in [9.17, 15) is 0 Å². The van der Waals surface area contributed by atoms with Gasteiger partial charge in [0.05, 0.1) is 0 Å². The lowest BCUT2D eigenvalue weighted by Gasteiger charge is -2.37. The van der Waals surface area contributed by atoms with E-state index in [4.69, 9.17) is 0 Å². The fraction of sp³-hybridized carbons (Fsp3) is 0.909. The maximum Gasteiger partial charge on any atom is -0.0322 e. The fourth-order valence-corrected chi connectivity index (χ4v) is 4.64. The van der Waals surface area contributed by atoms with Crippen LogP contribution in [0.5, 0.6) is 0 Å². The summed E-state index contributed by atoms with van der Waals surface area (Å²) in [6.07, 6.45) is 22.5. The highest BCUT2D eigenvalue weighted by molar-refractivity contribution is 4.87. The molecule has 2 aliphatic rings. The molecular weight excluding hydrogens is 264 g/mol. The Morgan fingerprint density at radius 3 is 2.05 bits per heavy atom. The third kappa shape index (κ3) is 6.09. The van der Waals surface area contributed by atoms with Crippen LogP contribution in [0.2, 0.25) is 0 Å². The Bertz CT molecular complexity index is 300. The topological polar surface area (TPSA) is 0 Å². The molecule has 0 N–H and O–H groups in total. The molecule has 0 heterocycles. The van der Waals surface area contributed by atoms with E-state index < -0.39 is 0 Å². The van der Waals surface area contributed by atoms with E-state index in [1.165, 1.54) is 77.0 Å². The Labute approximate surface area is 140 Å². The van der Waals surface area contributed by atoms with Crippen LogP contribution >= 0.6 is 0 Å². The van der Waals surface area contributed by atoms with E-state index in [0.29, 0.717) is 0 Å². The van der Waals surface area contributed by atoms with Crippen molar-refractivity contribution in [2.75, 3.05) is 0 Å². The molecule has 2 rings (SSSR count). The zero-order valence-electron chi connectivity index (χ0n) is 15.5. The van der Waals surface area contributed by atoms with Crippen molar-refractivity contribution in [1.29, 1.82) is 0 Å². The summed E-state index contributed by atoms with van der Waals surface area (Å²) < 4.78 is 0. The van der Waals surface area contributed by atoms with Gasteiger partial charge in [-0.05, 0) is 87.4 Å². The minimum Gasteiger partial charge on any atom is -0.0885 e. The molecule has 128 valence electrons. The van der Waals surface area contributed by atoms with Crippen LogP contribution in [-0.4, -0.2) is 0 Å². The summed E-state index contributed by atoms with van der Waals surface area (Å²) in [5.41, 5.74) is 0. The van der Waals surface area contributed by atoms with Crippen molar-refractivity contribution in [3.8, 4) is 0 Å². The number of rotatable bonds is 7. The van der Waals surface area contributed by atoms with Gasteiger partial charge in [-0.2, -0.15) is 0 Å². The standard InChI is InChI=1S/C22H40/c1-4-18(2)8-6-5-7-9-20-12-16-22(17-13-20)21-14-10-19(3)11-15-21/h5,7,18-22H,4,6,8-17H2,1-3H3/b7-5-. The molecule has 0 saturated heterocycles. The first-order valence-electron chi connectivity index (χ1n) is 10.3. The highest BCUT2D eigenvalue weighted by atomic mass is 14.3. The molecule has 2 aliphatic carbocycles. The molecule has 0 heteroatoms. The molecule has 1 unspecified atom stereocenters. The first-order valence-corrected chi connectivity index (χ1v) is 10.3. The molecule has 0 aromatic heterocycles. The van der Waals surface area contributed by atoms with Crippen LogP contribution in [0, 0.1) is 29.6 Å². The SMILES string of the molecule is CCC(C)CC/C=C\CC1CCC(C2CCC(C)CC2)CC1. The lowest BCUT2D eigenvalue weighted by atomic mass is 9.69. The van der Waals surface area contributed by atoms with E-state index in [1.807, 2.05) is 0 Å². The molecule has 2 fully saturated rings. The molecular formula is C22H40. The second kappa shape index (κ2) is 9.78. The van der Waals surface area contributed by atoms with Crippen molar-refractivity contribution in [3.63, 3.8) is 0 Å². The van der Waals surface area contributed by atoms with Crippen LogP contribution in [0.1, 0.15) is 97.8 Å². The summed E-state index contributed by atoms with van der Waals surface area (Å²) >= 11 is 0. The fourth-order valence-electron chi connectivity index (χ4n) is 4.64. The summed E-state index contributed by atoms with van der Waals surface area (Å²) in [7, 11) is 0. The Hall–Kier alpha value is -0.260. The zero-order chi connectivity index (χ0) is 15.8. The quantitative estimate of drug-likeness (QED) is 0.430. The maximum atomic E-state index is 2.50. The molecule has 22 heavy (non-hydrogen) atoms. The first kappa shape index (κ1) is 18.1. The normalized spacial score (nSPS) is 34.9. The van der Waals surface area contributed by atoms with Crippen LogP contribution in [0.4, 0.5) is 0 Å². The molecule has 0 aromatic rings. The van der Waals surface area contributed by atoms with Gasteiger partial charge in [-0.1, -0.05) is 52.2 Å². The molecule has 0 nitrogen and oxygen atoms in total. The Kier molecular flexibility index (Phi) is 8.04. The van der Waals surface area contributed by atoms with E-state index >= 15 is 0 Å². The van der Waals surface area contributed by atoms with Crippen LogP contribution in [0.25, 0.3) is 0 Å². The summed E-state index contributed by atoms with van der Waals surface area (Å²) in [5, 5.41) is 0. The van der Waals surface area contributed by atoms with Gasteiger partial charge in [0.2, 0.25) is 0 Å². The Morgan fingerprint density at radius 1 is 0.864 bits per heavy atom. The van der Waals surface area contributed by atoms with E-state index in [1.54, 1.807) is 0 Å². The van der Waals surface area contributed by atoms with Gasteiger partial charge >= 0.3 is 0 Å². The summed E-state index contributed by atoms with van der Waals surface area (Å²) in [6, 6.07) is 0. The van der Waals surface area contributed by atoms with Gasteiger partial charge in [-0.25, -0.2) is 0 Å². The Balaban J connectivity index is 1.58. The monoisotopic (exact) mass is 304 g/mol. The van der Waals surface area contributed by atoms with E-state index in [2.05, 4.69) is 32.9 Å². The highest BCUT2D eigenvalue weighted by Crippen LogP contribution is 2.41. The first-order chi connectivity index (χ1) is 10.7. The molecule has 1 atom stereocenters. The number of hydrogen-bond acceptors (Lipinski definition) is 0. The lowest BCUT2D eigenvalue weighted by Crippen LogP contribution is -2.25. The van der Waals surface area contributed by atoms with Crippen molar-refractivity contribution in [3.05, 3.63) is 12.2 Å². The number of hydrogen-bond donors (Lipinski definition) is 0. The third-order valence-corrected chi connectivity index (χ3v) is 6.78. The molecule has 0 aromatic carbocycles. The van der Waals surface area contributed by atoms with Gasteiger partial charge in [0.15, 0.2) is 0 Å². The minimum atomic E-state index is 0.901. The predicted molar refractivity (Wildman–Crippen MR) is 99.0 cm³/mol. The van der Waals surface area contributed by atoms with Crippen molar-refractivity contribution in [2.45, 2.75) is 97.8 Å². The van der Waals surface area contributed by atoms with Crippen LogP contribution in [0.15, 0.2) is 12.2 Å². The average molecular weight is 305 g/mol. The molecule has 0 amide bonds. The average Bonchev–Trinajstić information content (AvgIpc) is 2.55. The van der Waals surface area contributed by atoms with Gasteiger partial charge in [0, 0.05) is 0 Å². The maximum absolute atomic E-state index is 2.50. The van der Waals surface area contributed by atoms with Crippen molar-refractivity contribution < 1.29 is 0 Å². The minimum absolute atomic E-state index is 0.901. The van der Waals surface area contributed by atoms with Gasteiger partial charge < -0.3 is 0 Å². The van der Waals surface area contributed by atoms with Crippen molar-refractivity contribution in [2.24, 2.45) is 29.6 Å². The Morgan fingerprint density at radius 2 is 1.45 bits per heavy atom. The van der Waals surface area contributed by atoms with Gasteiger partial charge in [0.25, 0.3) is 0 Å². The number of allylic oxidation sites excluding steroid dienone is 2. The van der Waals surface area contributed by atoms with Crippen molar-refractivity contribution in [1.82, 2.24) is 0 Å². The van der Waals surface area contributed by atoms with E-state index in [-0.39, 0.29) is 0 Å². The molecule has 0 radical (unpaired) electrons. The van der Waals surface area contributed by atoms with Gasteiger partial charge in [0.1, 0.15) is 0 Å². The summed E-state index contributed by atoms with van der Waals surface area (Å²) in [4.78, 5) is 0. The smallest absolute Gasteiger partial charge is 0.0322 e. The largest absolute Gasteiger partial charge is 0.0885 e. The molecule has 0 spiro atoms. The van der Waals surface area contributed by atoms with Crippen LogP contribution in [-0.2, 0) is 0 Å². The van der Waals surface area contributed by atoms with Crippen LogP contribution < -0.4 is 0 Å². The molecule has 2 saturated carbocycles. The predicted octanol–water partition coefficient (Wildman–Crippen LogP) is 7.39. The van der Waals surface area contributed by atoms with Gasteiger partial charge in [-0.3, -0.25) is 0 Å². The molecule has 0 aliphatic heterocycles.